The van der Waals surface area contributed by atoms with Crippen LogP contribution in [0.1, 0.15) is 65.3 Å². The number of alkyl halides is 1. The summed E-state index contributed by atoms with van der Waals surface area (Å²) in [5.74, 6) is -0.370. The van der Waals surface area contributed by atoms with Crippen molar-refractivity contribution in [2.75, 3.05) is 11.4 Å². The molecule has 0 saturated heterocycles. The quantitative estimate of drug-likeness (QED) is 0.688. The number of amides is 2. The van der Waals surface area contributed by atoms with Crippen LogP contribution in [0.15, 0.2) is 24.4 Å². The Morgan fingerprint density at radius 1 is 1.19 bits per heavy atom. The van der Waals surface area contributed by atoms with E-state index in [0.717, 1.165) is 36.8 Å². The number of anilines is 1. The molecule has 1 aromatic heterocycles. The standard InChI is InChI=1S/C25H29ClFN3O2/c1-14-9-21-22(10-15(14)2)30(24(32)25(21,4)27)13-17-5-7-19(8-6-17)29-23(31)20-11-18(26)12-28-16(20)3/h9-12,17,19H,5-8,13H2,1-4H3,(H,29,31). The van der Waals surface area contributed by atoms with Crippen LogP contribution in [0.25, 0.3) is 0 Å². The third-order valence-electron chi connectivity index (χ3n) is 6.98. The fraction of sp³-hybridized carbons (Fsp3) is 0.480. The number of rotatable bonds is 4. The van der Waals surface area contributed by atoms with Crippen LogP contribution in [-0.4, -0.2) is 29.4 Å². The monoisotopic (exact) mass is 457 g/mol. The lowest BCUT2D eigenvalue weighted by Gasteiger charge is -2.32. The number of nitrogens with zero attached hydrogens (tertiary/aromatic N) is 2. The zero-order chi connectivity index (χ0) is 23.2. The van der Waals surface area contributed by atoms with Gasteiger partial charge in [0.1, 0.15) is 0 Å². The van der Waals surface area contributed by atoms with Gasteiger partial charge in [-0.15, -0.1) is 0 Å². The first-order valence-corrected chi connectivity index (χ1v) is 11.5. The van der Waals surface area contributed by atoms with Gasteiger partial charge in [0, 0.05) is 24.3 Å². The highest BCUT2D eigenvalue weighted by Gasteiger charge is 2.48. The minimum Gasteiger partial charge on any atom is -0.349 e. The summed E-state index contributed by atoms with van der Waals surface area (Å²) in [5.41, 5.74) is 2.36. The fourth-order valence-corrected chi connectivity index (χ4v) is 4.97. The molecule has 5 nitrogen and oxygen atoms in total. The molecular formula is C25H29ClFN3O2. The minimum absolute atomic E-state index is 0.0648. The molecule has 1 atom stereocenters. The van der Waals surface area contributed by atoms with Gasteiger partial charge in [-0.3, -0.25) is 14.6 Å². The van der Waals surface area contributed by atoms with Crippen LogP contribution in [0.2, 0.25) is 5.02 Å². The Hall–Kier alpha value is -2.47. The Morgan fingerprint density at radius 3 is 2.53 bits per heavy atom. The van der Waals surface area contributed by atoms with E-state index in [1.165, 1.54) is 13.1 Å². The number of aryl methyl sites for hydroxylation is 3. The van der Waals surface area contributed by atoms with Gasteiger partial charge in [-0.25, -0.2) is 4.39 Å². The van der Waals surface area contributed by atoms with Gasteiger partial charge in [0.15, 0.2) is 0 Å². The topological polar surface area (TPSA) is 62.3 Å². The van der Waals surface area contributed by atoms with E-state index in [2.05, 4.69) is 10.3 Å². The van der Waals surface area contributed by atoms with Crippen molar-refractivity contribution in [1.82, 2.24) is 10.3 Å². The van der Waals surface area contributed by atoms with E-state index in [1.807, 2.05) is 26.0 Å². The lowest BCUT2D eigenvalue weighted by atomic mass is 9.85. The van der Waals surface area contributed by atoms with Gasteiger partial charge < -0.3 is 10.2 Å². The third kappa shape index (κ3) is 4.13. The Labute approximate surface area is 193 Å². The highest BCUT2D eigenvalue weighted by Crippen LogP contribution is 2.45. The Balaban J connectivity index is 1.40. The normalized spacial score (nSPS) is 25.1. The molecule has 1 aromatic carbocycles. The largest absolute Gasteiger partial charge is 0.349 e. The number of pyridine rings is 1. The maximum atomic E-state index is 15.3. The van der Waals surface area contributed by atoms with Crippen molar-refractivity contribution in [3.05, 3.63) is 57.4 Å². The van der Waals surface area contributed by atoms with E-state index in [-0.39, 0.29) is 17.9 Å². The van der Waals surface area contributed by atoms with Gasteiger partial charge in [0.2, 0.25) is 5.67 Å². The number of hydrogen-bond acceptors (Lipinski definition) is 3. The molecule has 1 saturated carbocycles. The molecule has 32 heavy (non-hydrogen) atoms. The minimum atomic E-state index is -1.98. The van der Waals surface area contributed by atoms with Crippen LogP contribution in [0.3, 0.4) is 0 Å². The number of nitrogens with one attached hydrogen (secondary N) is 1. The molecule has 2 heterocycles. The molecule has 0 radical (unpaired) electrons. The molecule has 7 heteroatoms. The smallest absolute Gasteiger partial charge is 0.269 e. The van der Waals surface area contributed by atoms with Crippen molar-refractivity contribution in [2.24, 2.45) is 5.92 Å². The lowest BCUT2D eigenvalue weighted by Crippen LogP contribution is -2.42. The zero-order valence-corrected chi connectivity index (χ0v) is 19.7. The van der Waals surface area contributed by atoms with Crippen LogP contribution in [0, 0.1) is 26.7 Å². The molecule has 1 unspecified atom stereocenters. The fourth-order valence-electron chi connectivity index (χ4n) is 4.81. The van der Waals surface area contributed by atoms with Crippen molar-refractivity contribution in [2.45, 2.75) is 65.1 Å². The molecule has 4 rings (SSSR count). The van der Waals surface area contributed by atoms with E-state index in [0.29, 0.717) is 34.1 Å². The summed E-state index contributed by atoms with van der Waals surface area (Å²) < 4.78 is 15.3. The van der Waals surface area contributed by atoms with E-state index in [4.69, 9.17) is 11.6 Å². The molecule has 2 aliphatic rings. The number of benzene rings is 1. The van der Waals surface area contributed by atoms with Crippen molar-refractivity contribution in [1.29, 1.82) is 0 Å². The summed E-state index contributed by atoms with van der Waals surface area (Å²) in [6.07, 6.45) is 4.90. The van der Waals surface area contributed by atoms with Crippen molar-refractivity contribution in [3.8, 4) is 0 Å². The molecule has 2 aromatic rings. The molecule has 2 amide bonds. The van der Waals surface area contributed by atoms with Gasteiger partial charge in [-0.05, 0) is 88.6 Å². The maximum absolute atomic E-state index is 15.3. The predicted octanol–water partition coefficient (Wildman–Crippen LogP) is 5.18. The summed E-state index contributed by atoms with van der Waals surface area (Å²) in [4.78, 5) is 31.3. The summed E-state index contributed by atoms with van der Waals surface area (Å²) in [5, 5.41) is 3.53. The molecule has 0 bridgehead atoms. The average molecular weight is 458 g/mol. The Morgan fingerprint density at radius 2 is 1.84 bits per heavy atom. The summed E-state index contributed by atoms with van der Waals surface area (Å²) in [6.45, 7) is 7.58. The van der Waals surface area contributed by atoms with E-state index in [9.17, 15) is 9.59 Å². The van der Waals surface area contributed by atoms with Crippen LogP contribution in [0.5, 0.6) is 0 Å². The first-order valence-electron chi connectivity index (χ1n) is 11.1. The number of aromatic nitrogens is 1. The van der Waals surface area contributed by atoms with Crippen molar-refractivity contribution < 1.29 is 14.0 Å². The van der Waals surface area contributed by atoms with Crippen LogP contribution >= 0.6 is 11.6 Å². The number of hydrogen-bond donors (Lipinski definition) is 1. The molecule has 1 aliphatic carbocycles. The maximum Gasteiger partial charge on any atom is 0.269 e. The van der Waals surface area contributed by atoms with Gasteiger partial charge in [0.25, 0.3) is 11.8 Å². The summed E-state index contributed by atoms with van der Waals surface area (Å²) >= 11 is 5.99. The highest BCUT2D eigenvalue weighted by molar-refractivity contribution is 6.30. The molecular weight excluding hydrogens is 429 g/mol. The first-order chi connectivity index (χ1) is 15.1. The van der Waals surface area contributed by atoms with Crippen molar-refractivity contribution in [3.63, 3.8) is 0 Å². The predicted molar refractivity (Wildman–Crippen MR) is 124 cm³/mol. The summed E-state index contributed by atoms with van der Waals surface area (Å²) in [6, 6.07) is 5.44. The van der Waals surface area contributed by atoms with E-state index < -0.39 is 11.6 Å². The third-order valence-corrected chi connectivity index (χ3v) is 7.18. The number of halogens is 2. The molecule has 1 fully saturated rings. The molecule has 170 valence electrons. The van der Waals surface area contributed by atoms with Gasteiger partial charge in [0.05, 0.1) is 22.0 Å². The lowest BCUT2D eigenvalue weighted by molar-refractivity contribution is -0.128. The van der Waals surface area contributed by atoms with Crippen LogP contribution in [0.4, 0.5) is 10.1 Å². The SMILES string of the molecule is Cc1cc2c(cc1C)C(C)(F)C(=O)N2CC1CCC(NC(=O)c2cc(Cl)cnc2C)CC1. The van der Waals surface area contributed by atoms with Crippen LogP contribution in [-0.2, 0) is 10.5 Å². The average Bonchev–Trinajstić information content (AvgIpc) is 2.92. The van der Waals surface area contributed by atoms with Crippen LogP contribution < -0.4 is 10.2 Å². The number of carbonyl (C=O) groups excluding carboxylic acids is 2. The summed E-state index contributed by atoms with van der Waals surface area (Å²) in [7, 11) is 0. The molecule has 1 aliphatic heterocycles. The second-order valence-corrected chi connectivity index (χ2v) is 9.79. The van der Waals surface area contributed by atoms with Gasteiger partial charge in [-0.1, -0.05) is 11.6 Å². The first kappa shape index (κ1) is 22.7. The van der Waals surface area contributed by atoms with Gasteiger partial charge in [-0.2, -0.15) is 0 Å². The second kappa shape index (κ2) is 8.47. The Kier molecular flexibility index (Phi) is 6.01. The van der Waals surface area contributed by atoms with Crippen molar-refractivity contribution >= 4 is 29.1 Å². The van der Waals surface area contributed by atoms with Gasteiger partial charge >= 0.3 is 0 Å². The number of carbonyl (C=O) groups is 2. The Bertz CT molecular complexity index is 1080. The molecule has 0 spiro atoms. The zero-order valence-electron chi connectivity index (χ0n) is 19.0. The molecule has 1 N–H and O–H groups in total. The van der Waals surface area contributed by atoms with E-state index in [1.54, 1.807) is 17.9 Å². The highest BCUT2D eigenvalue weighted by atomic mass is 35.5. The second-order valence-electron chi connectivity index (χ2n) is 9.35. The number of fused-ring (bicyclic) bond motifs is 1. The van der Waals surface area contributed by atoms with E-state index >= 15 is 4.39 Å².